The van der Waals surface area contributed by atoms with Crippen molar-refractivity contribution in [1.29, 1.82) is 0 Å². The predicted octanol–water partition coefficient (Wildman–Crippen LogP) is 2.61. The van der Waals surface area contributed by atoms with Gasteiger partial charge in [0.1, 0.15) is 6.04 Å². The Morgan fingerprint density at radius 1 is 1.40 bits per heavy atom. The number of nitrogens with zero attached hydrogens (tertiary/aromatic N) is 3. The molecular formula is C15H18N4O3S3. The SMILES string of the molecule is C=CCSc1nnc(NC(=O)C(C)N(c2ccccc2)S(C)(=O)=O)s1. The Hall–Kier alpha value is -1.91. The van der Waals surface area contributed by atoms with Crippen LogP contribution in [0, 0.1) is 0 Å². The van der Waals surface area contributed by atoms with Crippen molar-refractivity contribution in [2.24, 2.45) is 0 Å². The normalized spacial score (nSPS) is 12.4. The zero-order valence-electron chi connectivity index (χ0n) is 13.7. The molecule has 1 aromatic carbocycles. The Kier molecular flexibility index (Phi) is 6.57. The summed E-state index contributed by atoms with van der Waals surface area (Å²) in [4.78, 5) is 12.5. The van der Waals surface area contributed by atoms with Gasteiger partial charge in [0, 0.05) is 5.75 Å². The first-order chi connectivity index (χ1) is 11.8. The fourth-order valence-corrected chi connectivity index (χ4v) is 4.73. The van der Waals surface area contributed by atoms with Gasteiger partial charge >= 0.3 is 0 Å². The van der Waals surface area contributed by atoms with Crippen LogP contribution in [-0.2, 0) is 14.8 Å². The van der Waals surface area contributed by atoms with Crippen molar-refractivity contribution in [3.8, 4) is 0 Å². The Balaban J connectivity index is 2.16. The molecule has 1 atom stereocenters. The predicted molar refractivity (Wildman–Crippen MR) is 103 cm³/mol. The van der Waals surface area contributed by atoms with E-state index < -0.39 is 22.0 Å². The second-order valence-corrected chi connectivity index (χ2v) is 9.14. The maximum absolute atomic E-state index is 12.5. The molecule has 0 saturated carbocycles. The maximum atomic E-state index is 12.5. The number of benzene rings is 1. The van der Waals surface area contributed by atoms with Crippen molar-refractivity contribution in [2.45, 2.75) is 17.3 Å². The molecule has 0 bridgehead atoms. The largest absolute Gasteiger partial charge is 0.299 e. The number of nitrogens with one attached hydrogen (secondary N) is 1. The van der Waals surface area contributed by atoms with Crippen LogP contribution in [0.15, 0.2) is 47.3 Å². The summed E-state index contributed by atoms with van der Waals surface area (Å²) in [6.45, 7) is 5.15. The van der Waals surface area contributed by atoms with E-state index in [2.05, 4.69) is 22.1 Å². The number of thioether (sulfide) groups is 1. The first-order valence-corrected chi connectivity index (χ1v) is 10.9. The van der Waals surface area contributed by atoms with Crippen LogP contribution in [0.25, 0.3) is 0 Å². The van der Waals surface area contributed by atoms with E-state index in [-0.39, 0.29) is 0 Å². The monoisotopic (exact) mass is 398 g/mol. The van der Waals surface area contributed by atoms with Crippen LogP contribution in [0.3, 0.4) is 0 Å². The van der Waals surface area contributed by atoms with Gasteiger partial charge in [-0.2, -0.15) is 0 Å². The summed E-state index contributed by atoms with van der Waals surface area (Å²) in [6.07, 6.45) is 2.81. The molecule has 0 spiro atoms. The zero-order valence-corrected chi connectivity index (χ0v) is 16.2. The lowest BCUT2D eigenvalue weighted by atomic mass is 10.2. The summed E-state index contributed by atoms with van der Waals surface area (Å²) in [5.74, 6) is 0.208. The first kappa shape index (κ1) is 19.4. The minimum atomic E-state index is -3.64. The number of aromatic nitrogens is 2. The molecule has 0 saturated heterocycles. The second kappa shape index (κ2) is 8.45. The molecule has 10 heteroatoms. The highest BCUT2D eigenvalue weighted by Crippen LogP contribution is 2.26. The van der Waals surface area contributed by atoms with Crippen molar-refractivity contribution in [2.75, 3.05) is 21.6 Å². The first-order valence-electron chi connectivity index (χ1n) is 7.25. The molecule has 0 fully saturated rings. The number of carbonyl (C=O) groups is 1. The van der Waals surface area contributed by atoms with Gasteiger partial charge in [-0.1, -0.05) is 47.4 Å². The van der Waals surface area contributed by atoms with Crippen molar-refractivity contribution in [1.82, 2.24) is 10.2 Å². The number of sulfonamides is 1. The number of para-hydroxylation sites is 1. The third-order valence-electron chi connectivity index (χ3n) is 3.06. The molecular weight excluding hydrogens is 380 g/mol. The molecule has 0 radical (unpaired) electrons. The summed E-state index contributed by atoms with van der Waals surface area (Å²) >= 11 is 2.68. The molecule has 25 heavy (non-hydrogen) atoms. The molecule has 1 heterocycles. The lowest BCUT2D eigenvalue weighted by Gasteiger charge is -2.27. The molecule has 0 aliphatic heterocycles. The van der Waals surface area contributed by atoms with Gasteiger partial charge < -0.3 is 0 Å². The van der Waals surface area contributed by atoms with E-state index >= 15 is 0 Å². The fourth-order valence-electron chi connectivity index (χ4n) is 2.04. The summed E-state index contributed by atoms with van der Waals surface area (Å²) in [7, 11) is -3.64. The molecule has 1 N–H and O–H groups in total. The third-order valence-corrected chi connectivity index (χ3v) is 6.27. The molecule has 2 rings (SSSR count). The molecule has 0 aliphatic rings. The lowest BCUT2D eigenvalue weighted by Crippen LogP contribution is -2.45. The molecule has 7 nitrogen and oxygen atoms in total. The van der Waals surface area contributed by atoms with Gasteiger partial charge in [-0.15, -0.1) is 16.8 Å². The highest BCUT2D eigenvalue weighted by Gasteiger charge is 2.29. The molecule has 1 aromatic heterocycles. The van der Waals surface area contributed by atoms with E-state index in [0.717, 1.165) is 10.6 Å². The van der Waals surface area contributed by atoms with Crippen molar-refractivity contribution >= 4 is 49.8 Å². The standard InChI is InChI=1S/C15H18N4O3S3/c1-4-10-23-15-18-17-14(24-15)16-13(20)11(2)19(25(3,21)22)12-8-6-5-7-9-12/h4-9,11H,1,10H2,2-3H3,(H,16,17,20). The van der Waals surface area contributed by atoms with E-state index in [4.69, 9.17) is 0 Å². The molecule has 2 aromatic rings. The smallest absolute Gasteiger partial charge is 0.249 e. The number of anilines is 2. The topological polar surface area (TPSA) is 92.3 Å². The van der Waals surface area contributed by atoms with Crippen LogP contribution in [0.4, 0.5) is 10.8 Å². The Bertz CT molecular complexity index is 837. The third kappa shape index (κ3) is 5.28. The zero-order chi connectivity index (χ0) is 18.4. The summed E-state index contributed by atoms with van der Waals surface area (Å²) in [5.41, 5.74) is 0.423. The lowest BCUT2D eigenvalue weighted by molar-refractivity contribution is -0.116. The molecule has 1 unspecified atom stereocenters. The van der Waals surface area contributed by atoms with Gasteiger partial charge in [-0.05, 0) is 19.1 Å². The van der Waals surface area contributed by atoms with E-state index in [1.165, 1.54) is 30.0 Å². The molecule has 0 aliphatic carbocycles. The van der Waals surface area contributed by atoms with Gasteiger partial charge in [0.05, 0.1) is 11.9 Å². The minimum Gasteiger partial charge on any atom is -0.299 e. The van der Waals surface area contributed by atoms with E-state index in [0.29, 0.717) is 20.9 Å². The van der Waals surface area contributed by atoms with Crippen molar-refractivity contribution in [3.63, 3.8) is 0 Å². The average Bonchev–Trinajstić information content (AvgIpc) is 3.00. The Labute approximate surface area is 155 Å². The van der Waals surface area contributed by atoms with Gasteiger partial charge in [-0.25, -0.2) is 8.42 Å². The molecule has 134 valence electrons. The summed E-state index contributed by atoms with van der Waals surface area (Å²) < 4.78 is 26.1. The van der Waals surface area contributed by atoms with Gasteiger partial charge in [0.2, 0.25) is 21.1 Å². The number of hydrogen-bond donors (Lipinski definition) is 1. The number of rotatable bonds is 8. The fraction of sp³-hybridized carbons (Fsp3) is 0.267. The Morgan fingerprint density at radius 2 is 2.08 bits per heavy atom. The van der Waals surface area contributed by atoms with Crippen LogP contribution in [-0.4, -0.2) is 42.6 Å². The number of hydrogen-bond acceptors (Lipinski definition) is 7. The van der Waals surface area contributed by atoms with Crippen LogP contribution < -0.4 is 9.62 Å². The highest BCUT2D eigenvalue weighted by atomic mass is 32.2. The van der Waals surface area contributed by atoms with Crippen molar-refractivity contribution in [3.05, 3.63) is 43.0 Å². The maximum Gasteiger partial charge on any atom is 0.249 e. The van der Waals surface area contributed by atoms with E-state index in [1.807, 2.05) is 0 Å². The highest BCUT2D eigenvalue weighted by molar-refractivity contribution is 8.01. The van der Waals surface area contributed by atoms with Crippen LogP contribution >= 0.6 is 23.1 Å². The number of carbonyl (C=O) groups excluding carboxylic acids is 1. The van der Waals surface area contributed by atoms with Crippen molar-refractivity contribution < 1.29 is 13.2 Å². The van der Waals surface area contributed by atoms with Crippen LogP contribution in [0.2, 0.25) is 0 Å². The minimum absolute atomic E-state index is 0.324. The number of amides is 1. The van der Waals surface area contributed by atoms with Gasteiger partial charge in [0.15, 0.2) is 4.34 Å². The summed E-state index contributed by atoms with van der Waals surface area (Å²) in [6, 6.07) is 7.54. The molecule has 1 amide bonds. The second-order valence-electron chi connectivity index (χ2n) is 5.03. The van der Waals surface area contributed by atoms with Gasteiger partial charge in [0.25, 0.3) is 0 Å². The van der Waals surface area contributed by atoms with Crippen LogP contribution in [0.1, 0.15) is 6.92 Å². The van der Waals surface area contributed by atoms with E-state index in [1.54, 1.807) is 36.4 Å². The Morgan fingerprint density at radius 3 is 2.68 bits per heavy atom. The van der Waals surface area contributed by atoms with E-state index in [9.17, 15) is 13.2 Å². The average molecular weight is 399 g/mol. The summed E-state index contributed by atoms with van der Waals surface area (Å²) in [5, 5.41) is 10.8. The quantitative estimate of drug-likeness (QED) is 0.417. The van der Waals surface area contributed by atoms with Gasteiger partial charge in [-0.3, -0.25) is 14.4 Å². The van der Waals surface area contributed by atoms with Crippen LogP contribution in [0.5, 0.6) is 0 Å².